The normalized spacial score (nSPS) is 18.5. The Morgan fingerprint density at radius 2 is 1.96 bits per heavy atom. The number of nitrogens with one attached hydrogen (secondary N) is 1. The lowest BCUT2D eigenvalue weighted by Crippen LogP contribution is -2.42. The van der Waals surface area contributed by atoms with Crippen molar-refractivity contribution in [2.24, 2.45) is 0 Å². The lowest BCUT2D eigenvalue weighted by atomic mass is 10.1. The van der Waals surface area contributed by atoms with Crippen LogP contribution in [0.4, 0.5) is 5.69 Å². The molecule has 0 amide bonds. The second-order valence-electron chi connectivity index (χ2n) is 5.93. The van der Waals surface area contributed by atoms with Gasteiger partial charge in [-0.05, 0) is 44.4 Å². The van der Waals surface area contributed by atoms with Crippen molar-refractivity contribution in [2.75, 3.05) is 19.6 Å². The standard InChI is InChI=1S/C15H23N3O4S/c1-4-7-17(13-5-6-16-10-13)23(21,22)15-11(2)8-14(18(19)20)9-12(15)3/h8-9,13,16H,4-7,10H2,1-3H3. The van der Waals surface area contributed by atoms with Crippen LogP contribution in [-0.2, 0) is 10.0 Å². The van der Waals surface area contributed by atoms with Crippen LogP contribution in [0.25, 0.3) is 0 Å². The number of rotatable bonds is 6. The summed E-state index contributed by atoms with van der Waals surface area (Å²) < 4.78 is 27.9. The molecule has 1 atom stereocenters. The van der Waals surface area contributed by atoms with E-state index in [2.05, 4.69) is 5.32 Å². The van der Waals surface area contributed by atoms with Gasteiger partial charge >= 0.3 is 0 Å². The van der Waals surface area contributed by atoms with E-state index in [1.807, 2.05) is 6.92 Å². The average molecular weight is 341 g/mol. The van der Waals surface area contributed by atoms with Crippen LogP contribution in [0.3, 0.4) is 0 Å². The minimum Gasteiger partial charge on any atom is -0.315 e. The molecule has 1 fully saturated rings. The molecule has 1 heterocycles. The zero-order valence-corrected chi connectivity index (χ0v) is 14.5. The Bertz CT molecular complexity index is 674. The summed E-state index contributed by atoms with van der Waals surface area (Å²) in [7, 11) is -3.68. The van der Waals surface area contributed by atoms with Crippen LogP contribution in [0.15, 0.2) is 17.0 Å². The first-order valence-corrected chi connectivity index (χ1v) is 9.21. The molecule has 23 heavy (non-hydrogen) atoms. The summed E-state index contributed by atoms with van der Waals surface area (Å²) in [5.41, 5.74) is 0.760. The molecule has 1 aliphatic heterocycles. The van der Waals surface area contributed by atoms with Crippen LogP contribution in [0.2, 0.25) is 0 Å². The molecule has 1 N–H and O–H groups in total. The molecule has 1 aromatic rings. The van der Waals surface area contributed by atoms with Crippen molar-refractivity contribution in [1.29, 1.82) is 0 Å². The van der Waals surface area contributed by atoms with Crippen molar-refractivity contribution in [1.82, 2.24) is 9.62 Å². The number of sulfonamides is 1. The van der Waals surface area contributed by atoms with Gasteiger partial charge < -0.3 is 5.32 Å². The third kappa shape index (κ3) is 3.54. The van der Waals surface area contributed by atoms with Gasteiger partial charge in [0.15, 0.2) is 0 Å². The summed E-state index contributed by atoms with van der Waals surface area (Å²) in [6.07, 6.45) is 1.51. The molecule has 1 aliphatic rings. The largest absolute Gasteiger partial charge is 0.315 e. The monoisotopic (exact) mass is 341 g/mol. The molecule has 7 nitrogen and oxygen atoms in total. The second-order valence-corrected chi connectivity index (χ2v) is 7.76. The van der Waals surface area contributed by atoms with Gasteiger partial charge in [0.05, 0.1) is 9.82 Å². The lowest BCUT2D eigenvalue weighted by Gasteiger charge is -2.28. The number of nitro benzene ring substituents is 1. The third-order valence-corrected chi connectivity index (χ3v) is 6.37. The maximum absolute atomic E-state index is 13.2. The predicted molar refractivity (Wildman–Crippen MR) is 88.0 cm³/mol. The van der Waals surface area contributed by atoms with Crippen molar-refractivity contribution >= 4 is 15.7 Å². The highest BCUT2D eigenvalue weighted by Crippen LogP contribution is 2.30. The van der Waals surface area contributed by atoms with Gasteiger partial charge in [0, 0.05) is 31.3 Å². The van der Waals surface area contributed by atoms with Crippen LogP contribution in [0, 0.1) is 24.0 Å². The van der Waals surface area contributed by atoms with Crippen LogP contribution in [0.5, 0.6) is 0 Å². The molecule has 1 unspecified atom stereocenters. The molecule has 0 aliphatic carbocycles. The third-order valence-electron chi connectivity index (χ3n) is 4.11. The van der Waals surface area contributed by atoms with E-state index in [9.17, 15) is 18.5 Å². The smallest absolute Gasteiger partial charge is 0.270 e. The fourth-order valence-corrected chi connectivity index (χ4v) is 5.32. The van der Waals surface area contributed by atoms with Crippen LogP contribution >= 0.6 is 0 Å². The fourth-order valence-electron chi connectivity index (χ4n) is 3.16. The van der Waals surface area contributed by atoms with E-state index in [-0.39, 0.29) is 16.6 Å². The maximum atomic E-state index is 13.2. The van der Waals surface area contributed by atoms with Gasteiger partial charge in [-0.1, -0.05) is 6.92 Å². The van der Waals surface area contributed by atoms with Crippen LogP contribution in [-0.4, -0.2) is 43.3 Å². The molecule has 0 spiro atoms. The van der Waals surface area contributed by atoms with E-state index in [1.54, 1.807) is 18.2 Å². The van der Waals surface area contributed by atoms with Gasteiger partial charge in [0.25, 0.3) is 5.69 Å². The second kappa shape index (κ2) is 6.94. The number of aryl methyl sites for hydroxylation is 2. The number of benzene rings is 1. The molecular weight excluding hydrogens is 318 g/mol. The van der Waals surface area contributed by atoms with E-state index in [1.165, 1.54) is 12.1 Å². The highest BCUT2D eigenvalue weighted by atomic mass is 32.2. The Hall–Kier alpha value is -1.51. The topological polar surface area (TPSA) is 92.6 Å². The van der Waals surface area contributed by atoms with E-state index >= 15 is 0 Å². The van der Waals surface area contributed by atoms with Crippen molar-refractivity contribution < 1.29 is 13.3 Å². The van der Waals surface area contributed by atoms with E-state index in [4.69, 9.17) is 0 Å². The first-order valence-electron chi connectivity index (χ1n) is 7.77. The van der Waals surface area contributed by atoms with Gasteiger partial charge in [0.2, 0.25) is 10.0 Å². The Kier molecular flexibility index (Phi) is 5.38. The number of non-ortho nitro benzene ring substituents is 1. The number of hydrogen-bond acceptors (Lipinski definition) is 5. The van der Waals surface area contributed by atoms with Gasteiger partial charge in [-0.15, -0.1) is 0 Å². The highest BCUT2D eigenvalue weighted by Gasteiger charge is 2.35. The molecule has 1 aromatic carbocycles. The number of nitrogens with zero attached hydrogens (tertiary/aromatic N) is 2. The zero-order chi connectivity index (χ0) is 17.2. The van der Waals surface area contributed by atoms with Gasteiger partial charge in [-0.2, -0.15) is 4.31 Å². The van der Waals surface area contributed by atoms with Crippen molar-refractivity contribution in [3.05, 3.63) is 33.4 Å². The summed E-state index contributed by atoms with van der Waals surface area (Å²) in [5, 5.41) is 14.1. The minimum atomic E-state index is -3.68. The van der Waals surface area contributed by atoms with E-state index < -0.39 is 14.9 Å². The Morgan fingerprint density at radius 1 is 1.35 bits per heavy atom. The zero-order valence-electron chi connectivity index (χ0n) is 13.7. The molecule has 128 valence electrons. The van der Waals surface area contributed by atoms with E-state index in [0.717, 1.165) is 19.4 Å². The van der Waals surface area contributed by atoms with Crippen molar-refractivity contribution in [3.8, 4) is 0 Å². The first kappa shape index (κ1) is 17.8. The summed E-state index contributed by atoms with van der Waals surface area (Å²) in [5.74, 6) is 0. The molecule has 0 radical (unpaired) electrons. The fraction of sp³-hybridized carbons (Fsp3) is 0.600. The first-order chi connectivity index (χ1) is 10.8. The number of hydrogen-bond donors (Lipinski definition) is 1. The minimum absolute atomic E-state index is 0.0612. The van der Waals surface area contributed by atoms with E-state index in [0.29, 0.717) is 24.2 Å². The summed E-state index contributed by atoms with van der Waals surface area (Å²) in [6.45, 7) is 7.07. The summed E-state index contributed by atoms with van der Waals surface area (Å²) >= 11 is 0. The molecule has 0 saturated carbocycles. The quantitative estimate of drug-likeness (QED) is 0.631. The Labute approximate surface area is 136 Å². The molecular formula is C15H23N3O4S. The molecule has 2 rings (SSSR count). The number of nitro groups is 1. The predicted octanol–water partition coefficient (Wildman–Crippen LogP) is 1.97. The van der Waals surface area contributed by atoms with Crippen molar-refractivity contribution in [3.63, 3.8) is 0 Å². The molecule has 0 aromatic heterocycles. The Morgan fingerprint density at radius 3 is 2.39 bits per heavy atom. The Balaban J connectivity index is 2.50. The van der Waals surface area contributed by atoms with Crippen molar-refractivity contribution in [2.45, 2.75) is 44.6 Å². The SMILES string of the molecule is CCCN(C1CCNC1)S(=O)(=O)c1c(C)cc([N+](=O)[O-])cc1C. The molecule has 8 heteroatoms. The lowest BCUT2D eigenvalue weighted by molar-refractivity contribution is -0.385. The maximum Gasteiger partial charge on any atom is 0.270 e. The van der Waals surface area contributed by atoms with Gasteiger partial charge in [0.1, 0.15) is 0 Å². The summed E-state index contributed by atoms with van der Waals surface area (Å²) in [6, 6.07) is 2.60. The molecule has 0 bridgehead atoms. The van der Waals surface area contributed by atoms with Crippen LogP contribution in [0.1, 0.15) is 30.9 Å². The summed E-state index contributed by atoms with van der Waals surface area (Å²) in [4.78, 5) is 10.6. The van der Waals surface area contributed by atoms with Gasteiger partial charge in [-0.3, -0.25) is 10.1 Å². The highest BCUT2D eigenvalue weighted by molar-refractivity contribution is 7.89. The van der Waals surface area contributed by atoms with Crippen LogP contribution < -0.4 is 5.32 Å². The molecule has 1 saturated heterocycles. The van der Waals surface area contributed by atoms with Gasteiger partial charge in [-0.25, -0.2) is 8.42 Å². The average Bonchev–Trinajstić information content (AvgIpc) is 2.96.